The highest BCUT2D eigenvalue weighted by molar-refractivity contribution is 7.91. The van der Waals surface area contributed by atoms with E-state index in [9.17, 15) is 8.42 Å². The molecule has 4 heteroatoms. The molecule has 0 aromatic rings. The van der Waals surface area contributed by atoms with Crippen molar-refractivity contribution in [1.29, 1.82) is 0 Å². The summed E-state index contributed by atoms with van der Waals surface area (Å²) in [4.78, 5) is 0. The van der Waals surface area contributed by atoms with E-state index in [1.165, 1.54) is 6.42 Å². The molecular formula is C9H17ClO2S. The maximum absolute atomic E-state index is 11.3. The van der Waals surface area contributed by atoms with Gasteiger partial charge in [0.15, 0.2) is 0 Å². The number of sulfone groups is 1. The highest BCUT2D eigenvalue weighted by Gasteiger charge is 2.36. The molecule has 1 fully saturated rings. The lowest BCUT2D eigenvalue weighted by Crippen LogP contribution is -2.33. The van der Waals surface area contributed by atoms with Crippen LogP contribution in [0.25, 0.3) is 0 Å². The van der Waals surface area contributed by atoms with Crippen LogP contribution in [0.4, 0.5) is 0 Å². The van der Waals surface area contributed by atoms with Crippen molar-refractivity contribution in [3.8, 4) is 0 Å². The van der Waals surface area contributed by atoms with Gasteiger partial charge in [-0.2, -0.15) is 0 Å². The Morgan fingerprint density at radius 3 is 2.31 bits per heavy atom. The van der Waals surface area contributed by atoms with Crippen molar-refractivity contribution in [3.63, 3.8) is 0 Å². The molecule has 0 radical (unpaired) electrons. The van der Waals surface area contributed by atoms with Crippen LogP contribution >= 0.6 is 11.6 Å². The summed E-state index contributed by atoms with van der Waals surface area (Å²) >= 11 is 5.84. The van der Waals surface area contributed by atoms with Crippen molar-refractivity contribution >= 4 is 21.4 Å². The van der Waals surface area contributed by atoms with Gasteiger partial charge in [0.2, 0.25) is 0 Å². The minimum Gasteiger partial charge on any atom is -0.229 e. The summed E-state index contributed by atoms with van der Waals surface area (Å²) < 4.78 is 22.5. The van der Waals surface area contributed by atoms with Crippen LogP contribution in [-0.2, 0) is 9.84 Å². The molecule has 0 bridgehead atoms. The van der Waals surface area contributed by atoms with Gasteiger partial charge < -0.3 is 0 Å². The highest BCUT2D eigenvalue weighted by atomic mass is 35.5. The lowest BCUT2D eigenvalue weighted by atomic mass is 9.68. The summed E-state index contributed by atoms with van der Waals surface area (Å²) in [5.41, 5.74) is 0.157. The maximum atomic E-state index is 11.3. The van der Waals surface area contributed by atoms with Crippen LogP contribution in [-0.4, -0.2) is 25.8 Å². The number of alkyl halides is 1. The molecule has 0 heterocycles. The van der Waals surface area contributed by atoms with Crippen LogP contribution in [0.5, 0.6) is 0 Å². The van der Waals surface area contributed by atoms with Crippen molar-refractivity contribution in [1.82, 2.24) is 0 Å². The number of hydrogen-bond acceptors (Lipinski definition) is 2. The zero-order chi connectivity index (χ0) is 9.95. The molecular weight excluding hydrogens is 208 g/mol. The van der Waals surface area contributed by atoms with Crippen molar-refractivity contribution in [2.24, 2.45) is 5.41 Å². The number of rotatable bonds is 5. The Balaban J connectivity index is 2.41. The summed E-state index contributed by atoms with van der Waals surface area (Å²) in [6.07, 6.45) is 4.18. The average Bonchev–Trinajstić information content (AvgIpc) is 2.03. The van der Waals surface area contributed by atoms with Gasteiger partial charge in [0.25, 0.3) is 0 Å². The molecule has 1 rings (SSSR count). The van der Waals surface area contributed by atoms with Crippen molar-refractivity contribution in [2.75, 3.05) is 17.4 Å². The third-order valence-electron chi connectivity index (χ3n) is 3.08. The van der Waals surface area contributed by atoms with E-state index >= 15 is 0 Å². The SMILES string of the molecule is CCS(=O)(=O)CCC1(CCl)CCC1. The van der Waals surface area contributed by atoms with Gasteiger partial charge >= 0.3 is 0 Å². The van der Waals surface area contributed by atoms with E-state index in [0.29, 0.717) is 11.6 Å². The van der Waals surface area contributed by atoms with Crippen LogP contribution in [0.15, 0.2) is 0 Å². The van der Waals surface area contributed by atoms with E-state index in [0.717, 1.165) is 19.3 Å². The molecule has 1 aliphatic carbocycles. The molecule has 0 aromatic heterocycles. The summed E-state index contributed by atoms with van der Waals surface area (Å²) in [5, 5.41) is 0. The second-order valence-corrected chi connectivity index (χ2v) is 6.71. The van der Waals surface area contributed by atoms with Gasteiger partial charge in [-0.1, -0.05) is 13.3 Å². The van der Waals surface area contributed by atoms with Crippen LogP contribution in [0.2, 0.25) is 0 Å². The number of halogens is 1. The first-order valence-corrected chi connectivity index (χ1v) is 7.16. The van der Waals surface area contributed by atoms with Crippen LogP contribution in [0, 0.1) is 5.41 Å². The van der Waals surface area contributed by atoms with E-state index < -0.39 is 9.84 Å². The fraction of sp³-hybridized carbons (Fsp3) is 1.00. The molecule has 0 amide bonds. The van der Waals surface area contributed by atoms with Crippen LogP contribution < -0.4 is 0 Å². The molecule has 0 aliphatic heterocycles. The number of hydrogen-bond donors (Lipinski definition) is 0. The standard InChI is InChI=1S/C9H17ClO2S/c1-2-13(11,12)7-6-9(8-10)4-3-5-9/h2-8H2,1H3. The Labute approximate surface area is 85.6 Å². The lowest BCUT2D eigenvalue weighted by molar-refractivity contribution is 0.160. The second-order valence-electron chi connectivity index (χ2n) is 3.97. The first-order chi connectivity index (χ1) is 6.04. The fourth-order valence-electron chi connectivity index (χ4n) is 1.64. The van der Waals surface area contributed by atoms with Crippen LogP contribution in [0.3, 0.4) is 0 Å². The summed E-state index contributed by atoms with van der Waals surface area (Å²) in [7, 11) is -2.80. The maximum Gasteiger partial charge on any atom is 0.150 e. The third-order valence-corrected chi connectivity index (χ3v) is 5.35. The van der Waals surface area contributed by atoms with E-state index in [1.807, 2.05) is 0 Å². The molecule has 0 aromatic carbocycles. The average molecular weight is 225 g/mol. The molecule has 0 saturated heterocycles. The fourth-order valence-corrected chi connectivity index (χ4v) is 3.08. The second kappa shape index (κ2) is 4.18. The smallest absolute Gasteiger partial charge is 0.150 e. The predicted octanol–water partition coefficient (Wildman–Crippen LogP) is 2.22. The van der Waals surface area contributed by atoms with Gasteiger partial charge in [-0.3, -0.25) is 0 Å². The predicted molar refractivity (Wildman–Crippen MR) is 55.9 cm³/mol. The normalized spacial score (nSPS) is 21.1. The van der Waals surface area contributed by atoms with Gasteiger partial charge in [0, 0.05) is 11.6 Å². The minimum atomic E-state index is -2.80. The van der Waals surface area contributed by atoms with Gasteiger partial charge in [-0.05, 0) is 24.7 Å². The quantitative estimate of drug-likeness (QED) is 0.672. The first-order valence-electron chi connectivity index (χ1n) is 4.80. The Bertz CT molecular complexity index is 249. The van der Waals surface area contributed by atoms with Gasteiger partial charge in [0.05, 0.1) is 5.75 Å². The topological polar surface area (TPSA) is 34.1 Å². The first kappa shape index (κ1) is 11.3. The van der Waals surface area contributed by atoms with Crippen molar-refractivity contribution in [3.05, 3.63) is 0 Å². The van der Waals surface area contributed by atoms with Crippen LogP contribution in [0.1, 0.15) is 32.6 Å². The molecule has 0 N–H and O–H groups in total. The molecule has 13 heavy (non-hydrogen) atoms. The zero-order valence-corrected chi connectivity index (χ0v) is 9.62. The molecule has 1 saturated carbocycles. The van der Waals surface area contributed by atoms with E-state index in [4.69, 9.17) is 11.6 Å². The molecule has 78 valence electrons. The minimum absolute atomic E-state index is 0.157. The summed E-state index contributed by atoms with van der Waals surface area (Å²) in [5.74, 6) is 1.19. The molecule has 1 aliphatic rings. The molecule has 2 nitrogen and oxygen atoms in total. The largest absolute Gasteiger partial charge is 0.229 e. The van der Waals surface area contributed by atoms with Gasteiger partial charge in [-0.25, -0.2) is 8.42 Å². The van der Waals surface area contributed by atoms with E-state index in [1.54, 1.807) is 6.92 Å². The van der Waals surface area contributed by atoms with Crippen molar-refractivity contribution < 1.29 is 8.42 Å². The molecule has 0 unspecified atom stereocenters. The Morgan fingerprint density at radius 2 is 2.00 bits per heavy atom. The third kappa shape index (κ3) is 2.84. The lowest BCUT2D eigenvalue weighted by Gasteiger charge is -2.40. The zero-order valence-electron chi connectivity index (χ0n) is 8.05. The summed E-state index contributed by atoms with van der Waals surface area (Å²) in [6, 6.07) is 0. The molecule has 0 spiro atoms. The highest BCUT2D eigenvalue weighted by Crippen LogP contribution is 2.44. The Hall–Kier alpha value is 0.240. The monoisotopic (exact) mass is 224 g/mol. The van der Waals surface area contributed by atoms with Gasteiger partial charge in [0.1, 0.15) is 9.84 Å². The van der Waals surface area contributed by atoms with E-state index in [-0.39, 0.29) is 11.2 Å². The van der Waals surface area contributed by atoms with Gasteiger partial charge in [-0.15, -0.1) is 11.6 Å². The van der Waals surface area contributed by atoms with Crippen molar-refractivity contribution in [2.45, 2.75) is 32.6 Å². The molecule has 0 atom stereocenters. The Morgan fingerprint density at radius 1 is 1.38 bits per heavy atom. The summed E-state index contributed by atoms with van der Waals surface area (Å²) in [6.45, 7) is 1.70. The van der Waals surface area contributed by atoms with E-state index in [2.05, 4.69) is 0 Å². The Kier molecular flexibility index (Phi) is 3.64.